The molecule has 2 aromatic rings. The van der Waals surface area contributed by atoms with Gasteiger partial charge in [0, 0.05) is 11.3 Å². The van der Waals surface area contributed by atoms with Gasteiger partial charge in [0.05, 0.1) is 5.56 Å². The highest BCUT2D eigenvalue weighted by atomic mass is 16.7. The lowest BCUT2D eigenvalue weighted by atomic mass is 10.1. The largest absolute Gasteiger partial charge is 0.398 e. The Morgan fingerprint density at radius 1 is 1.18 bits per heavy atom. The maximum Gasteiger partial charge on any atom is 0.365 e. The third kappa shape index (κ3) is 3.44. The van der Waals surface area contributed by atoms with Crippen LogP contribution >= 0.6 is 0 Å². The average molecular weight is 297 g/mol. The van der Waals surface area contributed by atoms with Crippen LogP contribution in [0.2, 0.25) is 0 Å². The van der Waals surface area contributed by atoms with Crippen LogP contribution in [0.5, 0.6) is 0 Å². The maximum absolute atomic E-state index is 11.9. The number of hydrogen-bond donors (Lipinski definition) is 2. The van der Waals surface area contributed by atoms with E-state index >= 15 is 0 Å². The Hall–Kier alpha value is -2.82. The first-order valence-corrected chi connectivity index (χ1v) is 7.02. The molecule has 5 nitrogen and oxygen atoms in total. The molecule has 0 radical (unpaired) electrons. The van der Waals surface area contributed by atoms with Crippen LogP contribution in [-0.2, 0) is 11.3 Å². The lowest BCUT2D eigenvalue weighted by molar-refractivity contribution is 0.0516. The minimum Gasteiger partial charge on any atom is -0.398 e. The Morgan fingerprint density at radius 3 is 2.50 bits per heavy atom. The van der Waals surface area contributed by atoms with Crippen LogP contribution in [0.3, 0.4) is 0 Å². The zero-order valence-electron chi connectivity index (χ0n) is 12.7. The van der Waals surface area contributed by atoms with Crippen molar-refractivity contribution in [3.63, 3.8) is 0 Å². The molecular formula is C17H19N3O2. The number of amidine groups is 1. The average Bonchev–Trinajstić information content (AvgIpc) is 2.55. The van der Waals surface area contributed by atoms with E-state index in [1.165, 1.54) is 0 Å². The van der Waals surface area contributed by atoms with Gasteiger partial charge in [-0.2, -0.15) is 0 Å². The molecule has 0 fully saturated rings. The fourth-order valence-electron chi connectivity index (χ4n) is 2.00. The van der Waals surface area contributed by atoms with E-state index in [0.717, 1.165) is 17.5 Å². The minimum absolute atomic E-state index is 0.114. The van der Waals surface area contributed by atoms with Gasteiger partial charge >= 0.3 is 5.97 Å². The molecule has 0 unspecified atom stereocenters. The van der Waals surface area contributed by atoms with Crippen molar-refractivity contribution in [1.82, 2.24) is 0 Å². The third-order valence-electron chi connectivity index (χ3n) is 3.48. The summed E-state index contributed by atoms with van der Waals surface area (Å²) in [5.41, 5.74) is 15.3. The summed E-state index contributed by atoms with van der Waals surface area (Å²) >= 11 is 0. The molecule has 0 saturated carbocycles. The second kappa shape index (κ2) is 6.76. The molecule has 0 aliphatic rings. The highest BCUT2D eigenvalue weighted by Gasteiger charge is 2.09. The van der Waals surface area contributed by atoms with Crippen molar-refractivity contribution in [3.05, 3.63) is 64.7 Å². The van der Waals surface area contributed by atoms with Gasteiger partial charge in [0.1, 0.15) is 0 Å². The fraction of sp³-hybridized carbons (Fsp3) is 0.176. The number of anilines is 1. The summed E-state index contributed by atoms with van der Waals surface area (Å²) < 4.78 is 0. The van der Waals surface area contributed by atoms with Crippen LogP contribution in [0.15, 0.2) is 47.6 Å². The van der Waals surface area contributed by atoms with Gasteiger partial charge in [0.2, 0.25) is 0 Å². The van der Waals surface area contributed by atoms with Gasteiger partial charge in [-0.05, 0) is 42.7 Å². The highest BCUT2D eigenvalue weighted by molar-refractivity contribution is 6.00. The monoisotopic (exact) mass is 297 g/mol. The Labute approximate surface area is 129 Å². The Balaban J connectivity index is 2.12. The molecular weight excluding hydrogens is 278 g/mol. The first-order valence-electron chi connectivity index (χ1n) is 7.02. The van der Waals surface area contributed by atoms with E-state index in [1.807, 2.05) is 26.0 Å². The molecule has 0 atom stereocenters. The van der Waals surface area contributed by atoms with Crippen molar-refractivity contribution in [2.75, 3.05) is 5.73 Å². The van der Waals surface area contributed by atoms with Gasteiger partial charge in [0.25, 0.3) is 0 Å². The molecule has 2 aromatic carbocycles. The molecule has 0 aliphatic heterocycles. The number of hydrogen-bond acceptors (Lipinski definition) is 4. The van der Waals surface area contributed by atoms with Gasteiger partial charge in [-0.3, -0.25) is 0 Å². The summed E-state index contributed by atoms with van der Waals surface area (Å²) in [5, 5.41) is 3.70. The van der Waals surface area contributed by atoms with Crippen molar-refractivity contribution < 1.29 is 9.63 Å². The van der Waals surface area contributed by atoms with E-state index in [-0.39, 0.29) is 5.84 Å². The fourth-order valence-corrected chi connectivity index (χ4v) is 2.00. The van der Waals surface area contributed by atoms with Gasteiger partial charge in [0.15, 0.2) is 5.84 Å². The number of oxime groups is 1. The number of carbonyl (C=O) groups excluding carboxylic acids is 1. The quantitative estimate of drug-likeness (QED) is 0.298. The van der Waals surface area contributed by atoms with E-state index in [2.05, 4.69) is 5.16 Å². The summed E-state index contributed by atoms with van der Waals surface area (Å²) in [5.74, 6) is -0.435. The lowest BCUT2D eigenvalue weighted by Gasteiger charge is -2.07. The number of carbonyl (C=O) groups is 1. The van der Waals surface area contributed by atoms with Crippen molar-refractivity contribution in [1.29, 1.82) is 0 Å². The molecule has 4 N–H and O–H groups in total. The molecule has 0 amide bonds. The summed E-state index contributed by atoms with van der Waals surface area (Å²) in [4.78, 5) is 16.8. The summed E-state index contributed by atoms with van der Waals surface area (Å²) in [6.07, 6.45) is 0.912. The van der Waals surface area contributed by atoms with Crippen LogP contribution in [0, 0.1) is 6.92 Å². The molecule has 0 bridgehead atoms. The van der Waals surface area contributed by atoms with Crippen LogP contribution in [-0.4, -0.2) is 11.8 Å². The standard InChI is InChI=1S/C17H19N3O2/c1-3-12-7-9-13(10-8-12)17(21)22-20-16(19)14-5-4-6-15(18)11(14)2/h4-10H,3,18H2,1-2H3,(H2,19,20). The second-order valence-electron chi connectivity index (χ2n) is 4.93. The molecule has 22 heavy (non-hydrogen) atoms. The Bertz CT molecular complexity index is 706. The van der Waals surface area contributed by atoms with Crippen molar-refractivity contribution in [3.8, 4) is 0 Å². The molecule has 2 rings (SSSR count). The van der Waals surface area contributed by atoms with E-state index in [1.54, 1.807) is 30.3 Å². The van der Waals surface area contributed by atoms with Gasteiger partial charge in [-0.15, -0.1) is 0 Å². The molecule has 0 heterocycles. The zero-order valence-corrected chi connectivity index (χ0v) is 12.7. The SMILES string of the molecule is CCc1ccc(C(=O)O/N=C(\N)c2cccc(N)c2C)cc1. The smallest absolute Gasteiger partial charge is 0.365 e. The number of rotatable bonds is 4. The van der Waals surface area contributed by atoms with Crippen LogP contribution < -0.4 is 11.5 Å². The summed E-state index contributed by atoms with van der Waals surface area (Å²) in [7, 11) is 0. The molecule has 0 aromatic heterocycles. The van der Waals surface area contributed by atoms with Gasteiger partial charge in [-0.25, -0.2) is 4.79 Å². The molecule has 0 saturated heterocycles. The maximum atomic E-state index is 11.9. The first-order chi connectivity index (χ1) is 10.5. The second-order valence-corrected chi connectivity index (χ2v) is 4.93. The normalized spacial score (nSPS) is 11.3. The topological polar surface area (TPSA) is 90.7 Å². The molecule has 114 valence electrons. The third-order valence-corrected chi connectivity index (χ3v) is 3.48. The Morgan fingerprint density at radius 2 is 1.86 bits per heavy atom. The predicted octanol–water partition coefficient (Wildman–Crippen LogP) is 2.62. The Kier molecular flexibility index (Phi) is 4.78. The van der Waals surface area contributed by atoms with Crippen LogP contribution in [0.4, 0.5) is 5.69 Å². The van der Waals surface area contributed by atoms with Gasteiger partial charge in [-0.1, -0.05) is 36.3 Å². The molecule has 0 aliphatic carbocycles. The van der Waals surface area contributed by atoms with Crippen LogP contribution in [0.25, 0.3) is 0 Å². The summed E-state index contributed by atoms with van der Waals surface area (Å²) in [6.45, 7) is 3.88. The first kappa shape index (κ1) is 15.6. The molecule has 0 spiro atoms. The van der Waals surface area contributed by atoms with E-state index in [4.69, 9.17) is 16.3 Å². The molecule has 5 heteroatoms. The highest BCUT2D eigenvalue weighted by Crippen LogP contribution is 2.15. The van der Waals surface area contributed by atoms with E-state index in [9.17, 15) is 4.79 Å². The summed E-state index contributed by atoms with van der Waals surface area (Å²) in [6, 6.07) is 12.5. The van der Waals surface area contributed by atoms with Crippen molar-refractivity contribution in [2.45, 2.75) is 20.3 Å². The number of nitrogens with two attached hydrogens (primary N) is 2. The number of aryl methyl sites for hydroxylation is 1. The van der Waals surface area contributed by atoms with Crippen molar-refractivity contribution in [2.24, 2.45) is 10.9 Å². The van der Waals surface area contributed by atoms with Crippen molar-refractivity contribution >= 4 is 17.5 Å². The van der Waals surface area contributed by atoms with Gasteiger partial charge < -0.3 is 16.3 Å². The minimum atomic E-state index is -0.549. The predicted molar refractivity (Wildman–Crippen MR) is 87.6 cm³/mol. The number of nitrogens with zero attached hydrogens (tertiary/aromatic N) is 1. The van der Waals surface area contributed by atoms with E-state index < -0.39 is 5.97 Å². The number of benzene rings is 2. The van der Waals surface area contributed by atoms with E-state index in [0.29, 0.717) is 16.8 Å². The number of nitrogen functional groups attached to an aromatic ring is 1. The zero-order chi connectivity index (χ0) is 16.1. The lowest BCUT2D eigenvalue weighted by Crippen LogP contribution is -2.17. The van der Waals surface area contributed by atoms with Crippen LogP contribution in [0.1, 0.15) is 34.0 Å².